The number of nitrogens with zero attached hydrogens (tertiary/aromatic N) is 3. The van der Waals surface area contributed by atoms with Crippen LogP contribution in [-0.2, 0) is 10.0 Å². The first-order valence-corrected chi connectivity index (χ1v) is 14.0. The van der Waals surface area contributed by atoms with Crippen LogP contribution in [-0.4, -0.2) is 61.7 Å². The van der Waals surface area contributed by atoms with Crippen molar-refractivity contribution < 1.29 is 22.9 Å². The SMILES string of the molecule is COc1ccc(C(=O)N2CCN(S(=O)(=O)c3cc([N+](=O)[O-])ccc3Sc3cc(Cl)ccc3Cl)CC2)cc1. The van der Waals surface area contributed by atoms with Gasteiger partial charge in [-0.25, -0.2) is 8.42 Å². The Hall–Kier alpha value is -2.83. The number of amides is 1. The van der Waals surface area contributed by atoms with Crippen molar-refractivity contribution in [3.8, 4) is 5.75 Å². The number of halogens is 2. The normalized spacial score (nSPS) is 14.4. The Kier molecular flexibility index (Phi) is 8.29. The van der Waals surface area contributed by atoms with Crippen LogP contribution in [0.2, 0.25) is 10.0 Å². The highest BCUT2D eigenvalue weighted by Gasteiger charge is 2.33. The molecule has 1 saturated heterocycles. The first-order chi connectivity index (χ1) is 17.6. The number of non-ortho nitro benzene ring substituents is 1. The number of nitro groups is 1. The van der Waals surface area contributed by atoms with Gasteiger partial charge in [0.15, 0.2) is 0 Å². The molecule has 3 aromatic carbocycles. The number of sulfonamides is 1. The van der Waals surface area contributed by atoms with Gasteiger partial charge in [-0.05, 0) is 48.5 Å². The molecule has 0 aliphatic carbocycles. The van der Waals surface area contributed by atoms with Crippen LogP contribution < -0.4 is 4.74 Å². The topological polar surface area (TPSA) is 110 Å². The van der Waals surface area contributed by atoms with Crippen LogP contribution in [0, 0.1) is 10.1 Å². The van der Waals surface area contributed by atoms with Gasteiger partial charge < -0.3 is 9.64 Å². The number of carbonyl (C=O) groups excluding carboxylic acids is 1. The third kappa shape index (κ3) is 6.02. The van der Waals surface area contributed by atoms with Crippen LogP contribution >= 0.6 is 35.0 Å². The molecule has 0 N–H and O–H groups in total. The maximum Gasteiger partial charge on any atom is 0.270 e. The average Bonchev–Trinajstić information content (AvgIpc) is 2.90. The molecule has 0 bridgehead atoms. The van der Waals surface area contributed by atoms with Crippen molar-refractivity contribution in [1.82, 2.24) is 9.21 Å². The second-order valence-corrected chi connectivity index (χ2v) is 11.8. The number of piperazine rings is 1. The fourth-order valence-corrected chi connectivity index (χ4v) is 7.07. The summed E-state index contributed by atoms with van der Waals surface area (Å²) in [7, 11) is -2.60. The zero-order chi connectivity index (χ0) is 26.7. The third-order valence-electron chi connectivity index (χ3n) is 5.73. The highest BCUT2D eigenvalue weighted by molar-refractivity contribution is 8.00. The molecule has 0 atom stereocenters. The van der Waals surface area contributed by atoms with Gasteiger partial charge in [0.1, 0.15) is 10.6 Å². The van der Waals surface area contributed by atoms with E-state index in [0.29, 0.717) is 26.3 Å². The maximum absolute atomic E-state index is 13.7. The van der Waals surface area contributed by atoms with E-state index in [2.05, 4.69) is 0 Å². The van der Waals surface area contributed by atoms with Gasteiger partial charge in [-0.2, -0.15) is 4.31 Å². The van der Waals surface area contributed by atoms with E-state index >= 15 is 0 Å². The second kappa shape index (κ2) is 11.3. The molecule has 0 saturated carbocycles. The lowest BCUT2D eigenvalue weighted by Gasteiger charge is -2.34. The van der Waals surface area contributed by atoms with E-state index in [-0.39, 0.29) is 47.6 Å². The van der Waals surface area contributed by atoms with Crippen molar-refractivity contribution in [2.24, 2.45) is 0 Å². The summed E-state index contributed by atoms with van der Waals surface area (Å²) in [6.45, 7) is 0.410. The number of carbonyl (C=O) groups is 1. The van der Waals surface area contributed by atoms with Crippen molar-refractivity contribution in [3.63, 3.8) is 0 Å². The molecule has 1 amide bonds. The third-order valence-corrected chi connectivity index (χ3v) is 9.61. The molecule has 0 aromatic heterocycles. The van der Waals surface area contributed by atoms with E-state index in [1.165, 1.54) is 23.5 Å². The summed E-state index contributed by atoms with van der Waals surface area (Å²) in [5, 5.41) is 12.2. The molecule has 194 valence electrons. The van der Waals surface area contributed by atoms with E-state index in [0.717, 1.165) is 17.8 Å². The quantitative estimate of drug-likeness (QED) is 0.278. The Labute approximate surface area is 228 Å². The number of nitro benzene ring substituents is 1. The lowest BCUT2D eigenvalue weighted by atomic mass is 10.2. The van der Waals surface area contributed by atoms with Crippen LogP contribution in [0.1, 0.15) is 10.4 Å². The van der Waals surface area contributed by atoms with Gasteiger partial charge in [-0.3, -0.25) is 14.9 Å². The van der Waals surface area contributed by atoms with Gasteiger partial charge >= 0.3 is 0 Å². The second-order valence-electron chi connectivity index (χ2n) is 7.99. The molecule has 9 nitrogen and oxygen atoms in total. The minimum Gasteiger partial charge on any atom is -0.497 e. The molecule has 3 aromatic rings. The van der Waals surface area contributed by atoms with Gasteiger partial charge in [0.2, 0.25) is 10.0 Å². The van der Waals surface area contributed by atoms with Crippen molar-refractivity contribution in [3.05, 3.63) is 86.4 Å². The molecule has 0 spiro atoms. The van der Waals surface area contributed by atoms with E-state index in [4.69, 9.17) is 27.9 Å². The molecular formula is C24H21Cl2N3O6S2. The van der Waals surface area contributed by atoms with E-state index in [1.54, 1.807) is 47.4 Å². The zero-order valence-corrected chi connectivity index (χ0v) is 22.6. The zero-order valence-electron chi connectivity index (χ0n) is 19.5. The molecule has 1 aliphatic rings. The Bertz CT molecular complexity index is 1440. The lowest BCUT2D eigenvalue weighted by molar-refractivity contribution is -0.385. The first-order valence-electron chi connectivity index (χ1n) is 10.9. The summed E-state index contributed by atoms with van der Waals surface area (Å²) in [4.78, 5) is 25.8. The van der Waals surface area contributed by atoms with Crippen molar-refractivity contribution >= 4 is 56.6 Å². The van der Waals surface area contributed by atoms with E-state index < -0.39 is 14.9 Å². The number of hydrogen-bond donors (Lipinski definition) is 0. The molecule has 13 heteroatoms. The van der Waals surface area contributed by atoms with Gasteiger partial charge in [0.05, 0.1) is 17.1 Å². The van der Waals surface area contributed by atoms with E-state index in [1.807, 2.05) is 0 Å². The monoisotopic (exact) mass is 581 g/mol. The van der Waals surface area contributed by atoms with Crippen molar-refractivity contribution in [2.45, 2.75) is 14.7 Å². The fraction of sp³-hybridized carbons (Fsp3) is 0.208. The van der Waals surface area contributed by atoms with Crippen LogP contribution in [0.3, 0.4) is 0 Å². The van der Waals surface area contributed by atoms with Crippen molar-refractivity contribution in [1.29, 1.82) is 0 Å². The van der Waals surface area contributed by atoms with Gasteiger partial charge in [0.25, 0.3) is 11.6 Å². The highest BCUT2D eigenvalue weighted by atomic mass is 35.5. The van der Waals surface area contributed by atoms with Crippen LogP contribution in [0.5, 0.6) is 5.75 Å². The summed E-state index contributed by atoms with van der Waals surface area (Å²) in [6, 6.07) is 15.1. The summed E-state index contributed by atoms with van der Waals surface area (Å²) >= 11 is 13.4. The molecule has 1 fully saturated rings. The molecule has 0 radical (unpaired) electrons. The highest BCUT2D eigenvalue weighted by Crippen LogP contribution is 2.40. The largest absolute Gasteiger partial charge is 0.497 e. The predicted octanol–water partition coefficient (Wildman–Crippen LogP) is 5.21. The van der Waals surface area contributed by atoms with Crippen LogP contribution in [0.25, 0.3) is 0 Å². The Morgan fingerprint density at radius 3 is 2.27 bits per heavy atom. The predicted molar refractivity (Wildman–Crippen MR) is 141 cm³/mol. The Morgan fingerprint density at radius 1 is 0.973 bits per heavy atom. The maximum atomic E-state index is 13.7. The molecule has 0 unspecified atom stereocenters. The molecule has 37 heavy (non-hydrogen) atoms. The first kappa shape index (κ1) is 27.2. The van der Waals surface area contributed by atoms with E-state index in [9.17, 15) is 23.3 Å². The smallest absolute Gasteiger partial charge is 0.270 e. The Morgan fingerprint density at radius 2 is 1.65 bits per heavy atom. The molecule has 1 aliphatic heterocycles. The van der Waals surface area contributed by atoms with Crippen LogP contribution in [0.15, 0.2) is 75.4 Å². The molecule has 1 heterocycles. The summed E-state index contributed by atoms with van der Waals surface area (Å²) < 4.78 is 33.7. The summed E-state index contributed by atoms with van der Waals surface area (Å²) in [5.74, 6) is 0.402. The number of hydrogen-bond acceptors (Lipinski definition) is 7. The van der Waals surface area contributed by atoms with Gasteiger partial charge in [-0.15, -0.1) is 0 Å². The van der Waals surface area contributed by atoms with Gasteiger partial charge in [0, 0.05) is 58.7 Å². The minimum absolute atomic E-state index is 0.0367. The van der Waals surface area contributed by atoms with Crippen LogP contribution in [0.4, 0.5) is 5.69 Å². The number of ether oxygens (including phenoxy) is 1. The number of rotatable bonds is 7. The molecule has 4 rings (SSSR count). The standard InChI is InChI=1S/C24H21Cl2N3O6S2/c1-35-19-6-2-16(3-7-19)24(30)27-10-12-28(13-11-27)37(33,34)23-15-18(29(31)32)5-9-21(23)36-22-14-17(25)4-8-20(22)26/h2-9,14-15H,10-13H2,1H3. The Balaban J connectivity index is 1.58. The average molecular weight is 582 g/mol. The minimum atomic E-state index is -4.14. The van der Waals surface area contributed by atoms with Gasteiger partial charge in [-0.1, -0.05) is 35.0 Å². The van der Waals surface area contributed by atoms with Crippen molar-refractivity contribution in [2.75, 3.05) is 33.3 Å². The lowest BCUT2D eigenvalue weighted by Crippen LogP contribution is -2.50. The number of methoxy groups -OCH3 is 1. The summed E-state index contributed by atoms with van der Waals surface area (Å²) in [5.41, 5.74) is 0.112. The molecular weight excluding hydrogens is 561 g/mol. The summed E-state index contributed by atoms with van der Waals surface area (Å²) in [6.07, 6.45) is 0. The fourth-order valence-electron chi connectivity index (χ4n) is 3.76. The number of benzene rings is 3.